The maximum atomic E-state index is 2.43. The van der Waals surface area contributed by atoms with Gasteiger partial charge in [0, 0.05) is 5.56 Å². The molecule has 0 spiro atoms. The molecule has 1 aromatic carbocycles. The van der Waals surface area contributed by atoms with Gasteiger partial charge in [0.2, 0.25) is 0 Å². The van der Waals surface area contributed by atoms with Gasteiger partial charge in [-0.1, -0.05) is 95.0 Å². The highest BCUT2D eigenvalue weighted by atomic mass is 35.5. The van der Waals surface area contributed by atoms with Crippen molar-refractivity contribution < 1.29 is 16.9 Å². The van der Waals surface area contributed by atoms with E-state index < -0.39 is 0 Å². The average Bonchev–Trinajstić information content (AvgIpc) is 2.57. The summed E-state index contributed by atoms with van der Waals surface area (Å²) in [6, 6.07) is 11.7. The van der Waals surface area contributed by atoms with E-state index in [0.29, 0.717) is 0 Å². The Hall–Kier alpha value is -0.530. The van der Waals surface area contributed by atoms with E-state index in [1.807, 2.05) is 0 Å². The SMILES string of the molecule is CCCCCCCCCCCCC(C)[N+](C)(C)Cc1ccccc1.[Cl-]. The van der Waals surface area contributed by atoms with Crippen molar-refractivity contribution >= 4 is 0 Å². The summed E-state index contributed by atoms with van der Waals surface area (Å²) in [6.07, 6.45) is 15.7. The molecule has 1 aromatic rings. The Balaban J connectivity index is 0.00000576. The van der Waals surface area contributed by atoms with Crippen LogP contribution in [0, 0.1) is 0 Å². The maximum absolute atomic E-state index is 2.43. The molecule has 0 saturated heterocycles. The minimum atomic E-state index is 0. The van der Waals surface area contributed by atoms with Gasteiger partial charge < -0.3 is 16.9 Å². The number of nitrogens with zero attached hydrogens (tertiary/aromatic N) is 1. The molecule has 25 heavy (non-hydrogen) atoms. The zero-order valence-electron chi connectivity index (χ0n) is 17.3. The lowest BCUT2D eigenvalue weighted by atomic mass is 10.0. The fourth-order valence-corrected chi connectivity index (χ4v) is 3.49. The standard InChI is InChI=1S/C23H42N.ClH/c1-5-6-7-8-9-10-11-12-13-15-18-22(2)24(3,4)21-23-19-16-14-17-20-23;/h14,16-17,19-20,22H,5-13,15,18,21H2,1-4H3;1H/q+1;/p-1. The number of rotatable bonds is 14. The number of benzene rings is 1. The Morgan fingerprint density at radius 3 is 1.76 bits per heavy atom. The van der Waals surface area contributed by atoms with Crippen LogP contribution in [-0.2, 0) is 6.54 Å². The van der Waals surface area contributed by atoms with Gasteiger partial charge in [0.05, 0.1) is 20.1 Å². The highest BCUT2D eigenvalue weighted by molar-refractivity contribution is 5.13. The summed E-state index contributed by atoms with van der Waals surface area (Å²) in [5.41, 5.74) is 1.46. The fraction of sp³-hybridized carbons (Fsp3) is 0.739. The predicted molar refractivity (Wildman–Crippen MR) is 108 cm³/mol. The molecule has 0 aliphatic carbocycles. The van der Waals surface area contributed by atoms with E-state index in [0.717, 1.165) is 17.1 Å². The molecule has 0 aromatic heterocycles. The van der Waals surface area contributed by atoms with Crippen molar-refractivity contribution in [3.05, 3.63) is 35.9 Å². The van der Waals surface area contributed by atoms with Crippen LogP contribution in [0.5, 0.6) is 0 Å². The third-order valence-electron chi connectivity index (χ3n) is 5.60. The van der Waals surface area contributed by atoms with Gasteiger partial charge in [-0.3, -0.25) is 0 Å². The fourth-order valence-electron chi connectivity index (χ4n) is 3.49. The van der Waals surface area contributed by atoms with Crippen molar-refractivity contribution in [3.63, 3.8) is 0 Å². The molecule has 0 fully saturated rings. The van der Waals surface area contributed by atoms with Gasteiger partial charge >= 0.3 is 0 Å². The van der Waals surface area contributed by atoms with Crippen LogP contribution in [-0.4, -0.2) is 24.6 Å². The summed E-state index contributed by atoms with van der Waals surface area (Å²) >= 11 is 0. The van der Waals surface area contributed by atoms with E-state index >= 15 is 0 Å². The molecule has 0 N–H and O–H groups in total. The van der Waals surface area contributed by atoms with Gasteiger partial charge in [-0.15, -0.1) is 0 Å². The zero-order chi connectivity index (χ0) is 17.7. The van der Waals surface area contributed by atoms with Crippen molar-refractivity contribution in [2.75, 3.05) is 14.1 Å². The minimum Gasteiger partial charge on any atom is -1.00 e. The lowest BCUT2D eigenvalue weighted by Crippen LogP contribution is -3.00. The third-order valence-corrected chi connectivity index (χ3v) is 5.60. The molecule has 1 unspecified atom stereocenters. The van der Waals surface area contributed by atoms with E-state index in [4.69, 9.17) is 0 Å². The second-order valence-electron chi connectivity index (χ2n) is 8.24. The topological polar surface area (TPSA) is 0 Å². The Labute approximate surface area is 164 Å². The van der Waals surface area contributed by atoms with Crippen LogP contribution in [0.15, 0.2) is 30.3 Å². The first kappa shape index (κ1) is 24.5. The van der Waals surface area contributed by atoms with Crippen LogP contribution in [0.4, 0.5) is 0 Å². The number of quaternary nitrogens is 1. The van der Waals surface area contributed by atoms with Crippen LogP contribution < -0.4 is 12.4 Å². The summed E-state index contributed by atoms with van der Waals surface area (Å²) in [4.78, 5) is 0. The summed E-state index contributed by atoms with van der Waals surface area (Å²) in [7, 11) is 4.77. The molecule has 0 aliphatic heterocycles. The number of hydrogen-bond donors (Lipinski definition) is 0. The summed E-state index contributed by atoms with van der Waals surface area (Å²) in [5, 5.41) is 0. The second kappa shape index (κ2) is 14.6. The largest absolute Gasteiger partial charge is 1.00 e. The number of halogens is 1. The van der Waals surface area contributed by atoms with Crippen LogP contribution in [0.1, 0.15) is 90.0 Å². The molecular formula is C23H42ClN. The highest BCUT2D eigenvalue weighted by Gasteiger charge is 2.23. The van der Waals surface area contributed by atoms with E-state index in [-0.39, 0.29) is 12.4 Å². The van der Waals surface area contributed by atoms with Crippen molar-refractivity contribution in [1.82, 2.24) is 0 Å². The van der Waals surface area contributed by atoms with Crippen molar-refractivity contribution in [2.24, 2.45) is 0 Å². The number of hydrogen-bond acceptors (Lipinski definition) is 0. The summed E-state index contributed by atoms with van der Waals surface area (Å²) < 4.78 is 1.10. The van der Waals surface area contributed by atoms with Crippen LogP contribution in [0.25, 0.3) is 0 Å². The first-order valence-corrected chi connectivity index (χ1v) is 10.4. The zero-order valence-corrected chi connectivity index (χ0v) is 18.0. The Kier molecular flexibility index (Phi) is 14.3. The first-order chi connectivity index (χ1) is 11.6. The van der Waals surface area contributed by atoms with Gasteiger partial charge in [0.15, 0.2) is 0 Å². The van der Waals surface area contributed by atoms with E-state index in [9.17, 15) is 0 Å². The van der Waals surface area contributed by atoms with Gasteiger partial charge in [-0.25, -0.2) is 0 Å². The predicted octanol–water partition coefficient (Wildman–Crippen LogP) is 3.97. The molecule has 0 amide bonds. The van der Waals surface area contributed by atoms with E-state index in [1.54, 1.807) is 0 Å². The molecule has 146 valence electrons. The molecule has 1 atom stereocenters. The molecule has 0 saturated carbocycles. The molecule has 0 radical (unpaired) electrons. The van der Waals surface area contributed by atoms with Gasteiger partial charge in [-0.05, 0) is 19.8 Å². The Bertz CT molecular complexity index is 402. The summed E-state index contributed by atoms with van der Waals surface area (Å²) in [5.74, 6) is 0. The monoisotopic (exact) mass is 367 g/mol. The lowest BCUT2D eigenvalue weighted by molar-refractivity contribution is -0.926. The van der Waals surface area contributed by atoms with E-state index in [1.165, 1.54) is 76.2 Å². The maximum Gasteiger partial charge on any atom is 0.104 e. The smallest absolute Gasteiger partial charge is 0.104 e. The highest BCUT2D eigenvalue weighted by Crippen LogP contribution is 2.19. The molecule has 0 heterocycles. The van der Waals surface area contributed by atoms with Crippen LogP contribution in [0.3, 0.4) is 0 Å². The van der Waals surface area contributed by atoms with E-state index in [2.05, 4.69) is 58.3 Å². The molecule has 0 bridgehead atoms. The quantitative estimate of drug-likeness (QED) is 0.345. The molecule has 0 aliphatic rings. The third kappa shape index (κ3) is 11.7. The Morgan fingerprint density at radius 2 is 1.24 bits per heavy atom. The molecule has 2 heteroatoms. The van der Waals surface area contributed by atoms with Crippen molar-refractivity contribution in [1.29, 1.82) is 0 Å². The molecule has 1 rings (SSSR count). The van der Waals surface area contributed by atoms with Gasteiger partial charge in [0.25, 0.3) is 0 Å². The van der Waals surface area contributed by atoms with Crippen LogP contribution >= 0.6 is 0 Å². The second-order valence-corrected chi connectivity index (χ2v) is 8.24. The van der Waals surface area contributed by atoms with Crippen molar-refractivity contribution in [2.45, 2.75) is 97.1 Å². The van der Waals surface area contributed by atoms with Crippen molar-refractivity contribution in [3.8, 4) is 0 Å². The molecule has 1 nitrogen and oxygen atoms in total. The lowest BCUT2D eigenvalue weighted by Gasteiger charge is -2.36. The molecular weight excluding hydrogens is 326 g/mol. The van der Waals surface area contributed by atoms with Gasteiger partial charge in [-0.2, -0.15) is 0 Å². The van der Waals surface area contributed by atoms with Gasteiger partial charge in [0.1, 0.15) is 6.54 Å². The average molecular weight is 368 g/mol. The first-order valence-electron chi connectivity index (χ1n) is 10.4. The minimum absolute atomic E-state index is 0. The van der Waals surface area contributed by atoms with Crippen LogP contribution in [0.2, 0.25) is 0 Å². The normalized spacial score (nSPS) is 12.6. The number of unbranched alkanes of at least 4 members (excludes halogenated alkanes) is 9. The summed E-state index contributed by atoms with van der Waals surface area (Å²) in [6.45, 7) is 5.86. The Morgan fingerprint density at radius 1 is 0.760 bits per heavy atom.